The second kappa shape index (κ2) is 7.91. The zero-order valence-electron chi connectivity index (χ0n) is 16.7. The van der Waals surface area contributed by atoms with Crippen LogP contribution in [0.5, 0.6) is 5.75 Å². The van der Waals surface area contributed by atoms with Crippen molar-refractivity contribution in [2.24, 2.45) is 0 Å². The minimum atomic E-state index is -4.81. The van der Waals surface area contributed by atoms with Crippen molar-refractivity contribution in [2.75, 3.05) is 7.11 Å². The summed E-state index contributed by atoms with van der Waals surface area (Å²) in [6.07, 6.45) is -3.49. The molecule has 0 aliphatic carbocycles. The fourth-order valence-electron chi connectivity index (χ4n) is 2.92. The highest BCUT2D eigenvalue weighted by Gasteiger charge is 2.34. The highest BCUT2D eigenvalue weighted by Crippen LogP contribution is 2.40. The molecule has 2 aromatic heterocycles. The van der Waals surface area contributed by atoms with E-state index < -0.39 is 55.5 Å². The van der Waals surface area contributed by atoms with Crippen LogP contribution in [0.2, 0.25) is 0 Å². The lowest BCUT2D eigenvalue weighted by Gasteiger charge is -2.14. The first kappa shape index (κ1) is 21.2. The third-order valence-corrected chi connectivity index (χ3v) is 5.94. The molecule has 1 aromatic carbocycles. The maximum atomic E-state index is 14.5. The summed E-state index contributed by atoms with van der Waals surface area (Å²) in [5.74, 6) is -4.40. The first-order valence-electron chi connectivity index (χ1n) is 9.13. The minimum Gasteiger partial charge on any atom is -0.494 e. The number of rotatable bonds is 5. The van der Waals surface area contributed by atoms with Crippen molar-refractivity contribution in [3.8, 4) is 17.0 Å². The molecule has 0 N–H and O–H groups in total. The van der Waals surface area contributed by atoms with Gasteiger partial charge in [-0.3, -0.25) is 4.98 Å². The molecular weight excluding hydrogens is 450 g/mol. The van der Waals surface area contributed by atoms with Gasteiger partial charge in [-0.15, -0.1) is 0 Å². The van der Waals surface area contributed by atoms with Gasteiger partial charge in [-0.25, -0.2) is 25.6 Å². The van der Waals surface area contributed by atoms with E-state index in [1.54, 1.807) is 0 Å². The van der Waals surface area contributed by atoms with Crippen molar-refractivity contribution in [1.82, 2.24) is 8.96 Å². The van der Waals surface area contributed by atoms with E-state index in [4.69, 9.17) is 6.11 Å². The van der Waals surface area contributed by atoms with Crippen LogP contribution in [-0.2, 0) is 22.6 Å². The van der Waals surface area contributed by atoms with Crippen LogP contribution in [0.1, 0.15) is 19.5 Å². The van der Waals surface area contributed by atoms with Gasteiger partial charge in [0.1, 0.15) is 39.5 Å². The molecule has 3 aromatic rings. The number of benzene rings is 1. The summed E-state index contributed by atoms with van der Waals surface area (Å²) in [6, 6.07) is 1.76. The van der Waals surface area contributed by atoms with E-state index in [-0.39, 0.29) is 24.6 Å². The highest BCUT2D eigenvalue weighted by molar-refractivity contribution is 7.90. The molecule has 12 heteroatoms. The molecule has 3 rings (SSSR count). The van der Waals surface area contributed by atoms with Gasteiger partial charge in [-0.05, 0) is 18.6 Å². The van der Waals surface area contributed by atoms with E-state index in [1.807, 2.05) is 0 Å². The van der Waals surface area contributed by atoms with E-state index >= 15 is 0 Å². The summed E-state index contributed by atoms with van der Waals surface area (Å²) in [7, 11) is -3.64. The molecule has 0 aliphatic heterocycles. The number of ether oxygens (including phenoxy) is 1. The molecule has 0 unspecified atom stereocenters. The maximum absolute atomic E-state index is 14.5. The zero-order valence-corrected chi connectivity index (χ0v) is 16.5. The first-order valence-corrected chi connectivity index (χ1v) is 9.87. The maximum Gasteiger partial charge on any atom is 0.433 e. The van der Waals surface area contributed by atoms with Gasteiger partial charge in [0, 0.05) is 31.5 Å². The largest absolute Gasteiger partial charge is 0.494 e. The number of aryl methyl sites for hydroxylation is 1. The third-order valence-electron chi connectivity index (χ3n) is 4.30. The Hall–Kier alpha value is -3.02. The van der Waals surface area contributed by atoms with Crippen molar-refractivity contribution in [2.45, 2.75) is 24.4 Å². The summed E-state index contributed by atoms with van der Waals surface area (Å²) in [5.41, 5.74) is -2.83. The molecule has 0 saturated carbocycles. The third kappa shape index (κ3) is 3.99. The molecule has 2 heterocycles. The molecule has 31 heavy (non-hydrogen) atoms. The van der Waals surface area contributed by atoms with E-state index in [0.29, 0.717) is 34.4 Å². The normalized spacial score (nSPS) is 12.7. The fraction of sp³-hybridized carbons (Fsp3) is 0.211. The predicted molar refractivity (Wildman–Crippen MR) is 97.5 cm³/mol. The Balaban J connectivity index is 2.31. The Morgan fingerprint density at radius 1 is 1.16 bits per heavy atom. The molecule has 0 radical (unpaired) electrons. The lowest BCUT2D eigenvalue weighted by atomic mass is 10.1. The topological polar surface area (TPSA) is 61.2 Å². The summed E-state index contributed by atoms with van der Waals surface area (Å²) in [6.45, 7) is -0.240. The Morgan fingerprint density at radius 2 is 1.81 bits per heavy atom. The van der Waals surface area contributed by atoms with Gasteiger partial charge in [0.2, 0.25) is 0 Å². The summed E-state index contributed by atoms with van der Waals surface area (Å²) in [5, 5.41) is 0. The van der Waals surface area contributed by atoms with Crippen LogP contribution < -0.4 is 4.74 Å². The number of hydrogen-bond donors (Lipinski definition) is 0. The molecule has 0 bridgehead atoms. The van der Waals surface area contributed by atoms with Crippen LogP contribution in [0, 0.1) is 17.5 Å². The Bertz CT molecular complexity index is 1230. The average Bonchev–Trinajstić information content (AvgIpc) is 3.05. The number of alkyl halides is 3. The second-order valence-electron chi connectivity index (χ2n) is 6.21. The quantitative estimate of drug-likeness (QED) is 0.509. The summed E-state index contributed by atoms with van der Waals surface area (Å²) < 4.78 is 120. The summed E-state index contributed by atoms with van der Waals surface area (Å²) >= 11 is 0. The van der Waals surface area contributed by atoms with Crippen LogP contribution in [0.25, 0.3) is 11.3 Å². The van der Waals surface area contributed by atoms with Crippen LogP contribution in [0.15, 0.2) is 41.6 Å². The van der Waals surface area contributed by atoms with E-state index in [2.05, 4.69) is 4.98 Å². The molecule has 0 spiro atoms. The molecule has 166 valence electrons. The summed E-state index contributed by atoms with van der Waals surface area (Å²) in [4.78, 5) is 2.40. The lowest BCUT2D eigenvalue weighted by Crippen LogP contribution is -2.16. The first-order chi connectivity index (χ1) is 14.9. The molecule has 5 nitrogen and oxygen atoms in total. The van der Waals surface area contributed by atoms with Crippen molar-refractivity contribution in [1.29, 1.82) is 0 Å². The Kier molecular flexibility index (Phi) is 5.42. The Labute approximate surface area is 174 Å². The van der Waals surface area contributed by atoms with Crippen LogP contribution in [0.4, 0.5) is 26.3 Å². The number of pyridine rings is 1. The van der Waals surface area contributed by atoms with Crippen LogP contribution in [0.3, 0.4) is 0 Å². The smallest absolute Gasteiger partial charge is 0.433 e. The second-order valence-corrected chi connectivity index (χ2v) is 8.02. The molecule has 0 amide bonds. The Morgan fingerprint density at radius 3 is 2.29 bits per heavy atom. The number of hydrogen-bond acceptors (Lipinski definition) is 4. The van der Waals surface area contributed by atoms with Gasteiger partial charge in [0.15, 0.2) is 0 Å². The van der Waals surface area contributed by atoms with E-state index in [1.165, 1.54) is 0 Å². The molecule has 0 aliphatic rings. The van der Waals surface area contributed by atoms with Crippen LogP contribution in [-0.4, -0.2) is 24.5 Å². The van der Waals surface area contributed by atoms with Crippen molar-refractivity contribution in [3.05, 3.63) is 65.4 Å². The minimum absolute atomic E-state index is 0.0750. The number of nitrogens with zero attached hydrogens (tertiary/aromatic N) is 2. The molecular formula is C19H14F6N2O3S. The van der Waals surface area contributed by atoms with Crippen molar-refractivity contribution < 1.29 is 40.9 Å². The van der Waals surface area contributed by atoms with Gasteiger partial charge in [0.25, 0.3) is 10.0 Å². The number of aromatic nitrogens is 2. The predicted octanol–water partition coefficient (Wildman–Crippen LogP) is 4.79. The van der Waals surface area contributed by atoms with Crippen LogP contribution >= 0.6 is 0 Å². The van der Waals surface area contributed by atoms with Gasteiger partial charge >= 0.3 is 6.18 Å². The molecule has 0 fully saturated rings. The molecule has 0 atom stereocenters. The van der Waals surface area contributed by atoms with E-state index in [0.717, 1.165) is 13.3 Å². The highest BCUT2D eigenvalue weighted by atomic mass is 32.2. The standard InChI is InChI=1S/C19H14F6N2O3S/c1-3-10-9-27(31(28,29)12-4-5-15(26-8-12)19(23,24)25)17(18(10)30-2)16-13(21)6-11(20)7-14(16)22/h4-9H,3H2,1-2H3/i1D. The van der Waals surface area contributed by atoms with Gasteiger partial charge < -0.3 is 4.74 Å². The van der Waals surface area contributed by atoms with Gasteiger partial charge in [0.05, 0.1) is 12.7 Å². The SMILES string of the molecule is [2H]CCc1cn(S(=O)(=O)c2ccc(C(F)(F)F)nc2)c(-c2c(F)cc(F)cc2F)c1OC. The van der Waals surface area contributed by atoms with Crippen molar-refractivity contribution >= 4 is 10.0 Å². The van der Waals surface area contributed by atoms with Crippen molar-refractivity contribution in [3.63, 3.8) is 0 Å². The number of methoxy groups -OCH3 is 1. The van der Waals surface area contributed by atoms with Gasteiger partial charge in [-0.2, -0.15) is 13.2 Å². The zero-order chi connectivity index (χ0) is 23.8. The average molecular weight is 465 g/mol. The lowest BCUT2D eigenvalue weighted by molar-refractivity contribution is -0.141. The molecule has 0 saturated heterocycles. The van der Waals surface area contributed by atoms with Gasteiger partial charge in [-0.1, -0.05) is 6.90 Å². The fourth-order valence-corrected chi connectivity index (χ4v) is 4.25. The van der Waals surface area contributed by atoms with E-state index in [9.17, 15) is 34.8 Å². The number of halogens is 6. The monoisotopic (exact) mass is 465 g/mol.